The van der Waals surface area contributed by atoms with E-state index in [9.17, 15) is 0 Å². The molecule has 0 fully saturated rings. The zero-order chi connectivity index (χ0) is 12.1. The van der Waals surface area contributed by atoms with Crippen LogP contribution in [-0.4, -0.2) is 6.61 Å². The lowest BCUT2D eigenvalue weighted by molar-refractivity contribution is 0.287. The summed E-state index contributed by atoms with van der Waals surface area (Å²) in [5.41, 5.74) is 6.47. The van der Waals surface area contributed by atoms with Crippen molar-refractivity contribution in [2.24, 2.45) is 11.7 Å². The molecule has 0 aliphatic carbocycles. The Morgan fingerprint density at radius 1 is 1.31 bits per heavy atom. The molecule has 16 heavy (non-hydrogen) atoms. The Morgan fingerprint density at radius 2 is 2.00 bits per heavy atom. The van der Waals surface area contributed by atoms with Gasteiger partial charge in [0.25, 0.3) is 0 Å². The lowest BCUT2D eigenvalue weighted by Gasteiger charge is -2.13. The molecule has 0 saturated carbocycles. The zero-order valence-corrected chi connectivity index (χ0v) is 11.1. The Hall–Kier alpha value is -0.440. The van der Waals surface area contributed by atoms with Crippen molar-refractivity contribution < 1.29 is 4.74 Å². The minimum Gasteiger partial charge on any atom is -0.492 e. The van der Waals surface area contributed by atoms with Crippen LogP contribution >= 0.6 is 23.2 Å². The fourth-order valence-corrected chi connectivity index (χ4v) is 1.91. The first kappa shape index (κ1) is 13.6. The van der Waals surface area contributed by atoms with Gasteiger partial charge in [-0.25, -0.2) is 0 Å². The maximum absolute atomic E-state index is 6.06. The van der Waals surface area contributed by atoms with Crippen molar-refractivity contribution in [3.05, 3.63) is 27.7 Å². The fraction of sp³-hybridized carbons (Fsp3) is 0.500. The number of rotatable bonds is 5. The number of halogens is 2. The normalized spacial score (nSPS) is 10.9. The summed E-state index contributed by atoms with van der Waals surface area (Å²) in [5, 5.41) is 1.11. The summed E-state index contributed by atoms with van der Waals surface area (Å²) < 4.78 is 5.65. The summed E-state index contributed by atoms with van der Waals surface area (Å²) in [6, 6.07) is 3.46. The van der Waals surface area contributed by atoms with Crippen LogP contribution in [0.5, 0.6) is 5.75 Å². The summed E-state index contributed by atoms with van der Waals surface area (Å²) in [7, 11) is 0. The number of nitrogens with two attached hydrogens (primary N) is 1. The molecule has 0 saturated heterocycles. The highest BCUT2D eigenvalue weighted by Gasteiger charge is 2.09. The molecule has 4 heteroatoms. The number of benzene rings is 1. The standard InChI is InChI=1S/C12H17Cl2NO/c1-8(2)3-4-16-12-9(7-15)5-10(13)6-11(12)14/h5-6,8H,3-4,7,15H2,1-2H3. The summed E-state index contributed by atoms with van der Waals surface area (Å²) in [6.45, 7) is 5.32. The smallest absolute Gasteiger partial charge is 0.142 e. The van der Waals surface area contributed by atoms with E-state index in [4.69, 9.17) is 33.7 Å². The van der Waals surface area contributed by atoms with Gasteiger partial charge in [0.1, 0.15) is 5.75 Å². The summed E-state index contributed by atoms with van der Waals surface area (Å²) >= 11 is 12.0. The van der Waals surface area contributed by atoms with Crippen LogP contribution in [0.2, 0.25) is 10.0 Å². The molecule has 0 radical (unpaired) electrons. The highest BCUT2D eigenvalue weighted by atomic mass is 35.5. The molecule has 0 amide bonds. The van der Waals surface area contributed by atoms with Gasteiger partial charge < -0.3 is 10.5 Å². The van der Waals surface area contributed by atoms with Crippen LogP contribution in [-0.2, 0) is 6.54 Å². The van der Waals surface area contributed by atoms with Crippen molar-refractivity contribution in [3.63, 3.8) is 0 Å². The fourth-order valence-electron chi connectivity index (χ4n) is 1.32. The molecule has 0 aliphatic heterocycles. The molecule has 0 aromatic heterocycles. The molecule has 1 rings (SSSR count). The SMILES string of the molecule is CC(C)CCOc1c(Cl)cc(Cl)cc1CN. The second-order valence-corrected chi connectivity index (χ2v) is 4.95. The highest BCUT2D eigenvalue weighted by Crippen LogP contribution is 2.32. The Bertz CT molecular complexity index is 353. The van der Waals surface area contributed by atoms with E-state index in [-0.39, 0.29) is 0 Å². The third-order valence-electron chi connectivity index (χ3n) is 2.25. The first-order chi connectivity index (χ1) is 7.54. The van der Waals surface area contributed by atoms with Crippen LogP contribution in [0.4, 0.5) is 0 Å². The van der Waals surface area contributed by atoms with Crippen LogP contribution in [0.15, 0.2) is 12.1 Å². The van der Waals surface area contributed by atoms with Gasteiger partial charge in [0, 0.05) is 17.1 Å². The molecule has 90 valence electrons. The van der Waals surface area contributed by atoms with Crippen molar-refractivity contribution in [1.29, 1.82) is 0 Å². The van der Waals surface area contributed by atoms with Crippen molar-refractivity contribution in [2.75, 3.05) is 6.61 Å². The molecule has 0 unspecified atom stereocenters. The molecule has 0 heterocycles. The van der Waals surface area contributed by atoms with Gasteiger partial charge in [0.2, 0.25) is 0 Å². The van der Waals surface area contributed by atoms with Gasteiger partial charge in [-0.15, -0.1) is 0 Å². The Balaban J connectivity index is 2.77. The molecular formula is C12H17Cl2NO. The third-order valence-corrected chi connectivity index (χ3v) is 2.75. The molecule has 2 N–H and O–H groups in total. The molecular weight excluding hydrogens is 245 g/mol. The first-order valence-electron chi connectivity index (χ1n) is 5.35. The summed E-state index contributed by atoms with van der Waals surface area (Å²) in [4.78, 5) is 0. The highest BCUT2D eigenvalue weighted by molar-refractivity contribution is 6.35. The van der Waals surface area contributed by atoms with Crippen molar-refractivity contribution in [2.45, 2.75) is 26.8 Å². The van der Waals surface area contributed by atoms with E-state index in [1.165, 1.54) is 0 Å². The van der Waals surface area contributed by atoms with Gasteiger partial charge in [-0.2, -0.15) is 0 Å². The lowest BCUT2D eigenvalue weighted by atomic mass is 10.1. The maximum Gasteiger partial charge on any atom is 0.142 e. The van der Waals surface area contributed by atoms with E-state index in [1.807, 2.05) is 0 Å². The average Bonchev–Trinajstić information content (AvgIpc) is 2.20. The Kier molecular flexibility index (Phi) is 5.39. The predicted molar refractivity (Wildman–Crippen MR) is 69.3 cm³/mol. The summed E-state index contributed by atoms with van der Waals surface area (Å²) in [6.07, 6.45) is 0.989. The van der Waals surface area contributed by atoms with E-state index < -0.39 is 0 Å². The molecule has 1 aromatic rings. The quantitative estimate of drug-likeness (QED) is 0.874. The molecule has 0 spiro atoms. The third kappa shape index (κ3) is 3.85. The summed E-state index contributed by atoms with van der Waals surface area (Å²) in [5.74, 6) is 1.27. The van der Waals surface area contributed by atoms with Crippen molar-refractivity contribution in [3.8, 4) is 5.75 Å². The monoisotopic (exact) mass is 261 g/mol. The van der Waals surface area contributed by atoms with Gasteiger partial charge >= 0.3 is 0 Å². The largest absolute Gasteiger partial charge is 0.492 e. The maximum atomic E-state index is 6.06. The predicted octanol–water partition coefficient (Wildman–Crippen LogP) is 3.88. The van der Waals surface area contributed by atoms with Gasteiger partial charge in [0.05, 0.1) is 11.6 Å². The number of hydrogen-bond donors (Lipinski definition) is 1. The van der Waals surface area contributed by atoms with E-state index in [0.717, 1.165) is 12.0 Å². The minimum atomic E-state index is 0.372. The average molecular weight is 262 g/mol. The van der Waals surface area contributed by atoms with Gasteiger partial charge in [-0.1, -0.05) is 37.0 Å². The van der Waals surface area contributed by atoms with Gasteiger partial charge in [-0.05, 0) is 24.5 Å². The Morgan fingerprint density at radius 3 is 2.56 bits per heavy atom. The van der Waals surface area contributed by atoms with Crippen molar-refractivity contribution in [1.82, 2.24) is 0 Å². The van der Waals surface area contributed by atoms with E-state index in [1.54, 1.807) is 12.1 Å². The number of hydrogen-bond acceptors (Lipinski definition) is 2. The van der Waals surface area contributed by atoms with Crippen molar-refractivity contribution >= 4 is 23.2 Å². The Labute approximate surface area is 107 Å². The molecule has 0 atom stereocenters. The van der Waals surface area contributed by atoms with Gasteiger partial charge in [-0.3, -0.25) is 0 Å². The zero-order valence-electron chi connectivity index (χ0n) is 9.59. The van der Waals surface area contributed by atoms with Crippen LogP contribution < -0.4 is 10.5 Å². The molecule has 0 aliphatic rings. The van der Waals surface area contributed by atoms with Crippen LogP contribution in [0.1, 0.15) is 25.8 Å². The molecule has 2 nitrogen and oxygen atoms in total. The second-order valence-electron chi connectivity index (χ2n) is 4.11. The lowest BCUT2D eigenvalue weighted by Crippen LogP contribution is -2.06. The van der Waals surface area contributed by atoms with Crippen LogP contribution in [0.25, 0.3) is 0 Å². The van der Waals surface area contributed by atoms with Crippen LogP contribution in [0, 0.1) is 5.92 Å². The number of ether oxygens (including phenoxy) is 1. The van der Waals surface area contributed by atoms with Crippen LogP contribution in [0.3, 0.4) is 0 Å². The second kappa shape index (κ2) is 6.33. The first-order valence-corrected chi connectivity index (χ1v) is 6.11. The minimum absolute atomic E-state index is 0.372. The van der Waals surface area contributed by atoms with E-state index >= 15 is 0 Å². The molecule has 1 aromatic carbocycles. The topological polar surface area (TPSA) is 35.2 Å². The van der Waals surface area contributed by atoms with E-state index in [2.05, 4.69) is 13.8 Å². The van der Waals surface area contributed by atoms with E-state index in [0.29, 0.717) is 34.9 Å². The molecule has 0 bridgehead atoms. The van der Waals surface area contributed by atoms with Gasteiger partial charge in [0.15, 0.2) is 0 Å².